The van der Waals surface area contributed by atoms with Gasteiger partial charge in [0.2, 0.25) is 0 Å². The lowest BCUT2D eigenvalue weighted by atomic mass is 9.46. The molecule has 0 aliphatic heterocycles. The van der Waals surface area contributed by atoms with Gasteiger partial charge in [0.1, 0.15) is 0 Å². The highest BCUT2D eigenvalue weighted by atomic mass is 16.3. The van der Waals surface area contributed by atoms with E-state index >= 15 is 0 Å². The summed E-state index contributed by atoms with van der Waals surface area (Å²) in [4.78, 5) is 12.1. The normalized spacial score (nSPS) is 44.0. The number of hydrogen-bond donors (Lipinski definition) is 1. The summed E-state index contributed by atoms with van der Waals surface area (Å²) in [7, 11) is 0. The number of carbonyl (C=O) groups excluding carboxylic acids is 1. The van der Waals surface area contributed by atoms with Crippen LogP contribution in [0.15, 0.2) is 11.6 Å². The Morgan fingerprint density at radius 3 is 2.43 bits per heavy atom. The Kier molecular flexibility index (Phi) is 6.06. The molecule has 0 aromatic carbocycles. The SMILES string of the molecule is CC(C)[C@H](C)C[C@H](O)[C@@H](C)[C@H]1CC[C@H]2[C@@H]3CCC4=CC(=O)CC[C@]4(C)[C@H]3CC[C@]12C. The van der Waals surface area contributed by atoms with Crippen LogP contribution in [0.5, 0.6) is 0 Å². The minimum Gasteiger partial charge on any atom is -0.393 e. The number of rotatable bonds is 5. The summed E-state index contributed by atoms with van der Waals surface area (Å²) in [5.41, 5.74) is 2.14. The number of fused-ring (bicyclic) bond motifs is 5. The van der Waals surface area contributed by atoms with Gasteiger partial charge >= 0.3 is 0 Å². The minimum absolute atomic E-state index is 0.163. The van der Waals surface area contributed by atoms with Gasteiger partial charge in [0.15, 0.2) is 5.78 Å². The molecule has 3 fully saturated rings. The molecule has 0 aromatic heterocycles. The summed E-state index contributed by atoms with van der Waals surface area (Å²) in [5.74, 6) is 5.06. The Morgan fingerprint density at radius 1 is 1.00 bits per heavy atom. The number of ketones is 1. The van der Waals surface area contributed by atoms with Gasteiger partial charge in [0.05, 0.1) is 6.10 Å². The standard InChI is InChI=1S/C28H46O2/c1-17(2)18(3)15-26(30)19(4)23-9-10-24-22-8-7-20-16-21(29)11-13-27(20,5)25(22)12-14-28(23,24)6/h16-19,22-26,30H,7-15H2,1-6H3/t18-,19+,22+,23-,24+,25+,26+,27+,28-/m1/s1. The van der Waals surface area contributed by atoms with Crippen LogP contribution in [0, 0.1) is 52.3 Å². The monoisotopic (exact) mass is 414 g/mol. The highest BCUT2D eigenvalue weighted by molar-refractivity contribution is 5.91. The highest BCUT2D eigenvalue weighted by Gasteiger charge is 2.59. The molecule has 9 atom stereocenters. The molecule has 0 unspecified atom stereocenters. The van der Waals surface area contributed by atoms with Crippen molar-refractivity contribution < 1.29 is 9.90 Å². The first-order valence-corrected chi connectivity index (χ1v) is 13.0. The molecule has 0 amide bonds. The maximum atomic E-state index is 12.1. The third-order valence-electron chi connectivity index (χ3n) is 11.0. The van der Waals surface area contributed by atoms with Crippen LogP contribution in [-0.4, -0.2) is 17.0 Å². The first-order valence-electron chi connectivity index (χ1n) is 13.0. The van der Waals surface area contributed by atoms with E-state index in [0.717, 1.165) is 43.4 Å². The van der Waals surface area contributed by atoms with E-state index in [0.29, 0.717) is 34.9 Å². The maximum Gasteiger partial charge on any atom is 0.155 e. The van der Waals surface area contributed by atoms with Crippen LogP contribution in [0.3, 0.4) is 0 Å². The van der Waals surface area contributed by atoms with Crippen LogP contribution in [0.2, 0.25) is 0 Å². The van der Waals surface area contributed by atoms with Gasteiger partial charge in [-0.1, -0.05) is 47.1 Å². The molecule has 4 aliphatic carbocycles. The molecular weight excluding hydrogens is 368 g/mol. The van der Waals surface area contributed by atoms with Gasteiger partial charge in [-0.05, 0) is 110 Å². The van der Waals surface area contributed by atoms with Crippen molar-refractivity contribution in [1.82, 2.24) is 0 Å². The summed E-state index contributed by atoms with van der Waals surface area (Å²) in [6, 6.07) is 0. The van der Waals surface area contributed by atoms with Crippen LogP contribution < -0.4 is 0 Å². The average molecular weight is 415 g/mol. The number of hydrogen-bond acceptors (Lipinski definition) is 2. The second-order valence-electron chi connectivity index (χ2n) is 12.6. The highest BCUT2D eigenvalue weighted by Crippen LogP contribution is 2.67. The largest absolute Gasteiger partial charge is 0.393 e. The molecule has 0 radical (unpaired) electrons. The topological polar surface area (TPSA) is 37.3 Å². The predicted octanol–water partition coefficient (Wildman–Crippen LogP) is 6.81. The van der Waals surface area contributed by atoms with Crippen molar-refractivity contribution in [2.45, 2.75) is 105 Å². The predicted molar refractivity (Wildman–Crippen MR) is 124 cm³/mol. The van der Waals surface area contributed by atoms with Crippen LogP contribution in [-0.2, 0) is 4.79 Å². The molecule has 0 bridgehead atoms. The van der Waals surface area contributed by atoms with Crippen molar-refractivity contribution in [2.24, 2.45) is 52.3 Å². The van der Waals surface area contributed by atoms with E-state index < -0.39 is 0 Å². The molecule has 3 saturated carbocycles. The zero-order valence-corrected chi connectivity index (χ0v) is 20.4. The molecule has 1 N–H and O–H groups in total. The number of aliphatic hydroxyl groups is 1. The number of carbonyl (C=O) groups is 1. The van der Waals surface area contributed by atoms with Crippen molar-refractivity contribution in [3.8, 4) is 0 Å². The zero-order valence-electron chi connectivity index (χ0n) is 20.4. The smallest absolute Gasteiger partial charge is 0.155 e. The fraction of sp³-hybridized carbons (Fsp3) is 0.893. The van der Waals surface area contributed by atoms with Crippen LogP contribution >= 0.6 is 0 Å². The third kappa shape index (κ3) is 3.54. The van der Waals surface area contributed by atoms with E-state index in [2.05, 4.69) is 41.5 Å². The van der Waals surface area contributed by atoms with Crippen molar-refractivity contribution in [1.29, 1.82) is 0 Å². The lowest BCUT2D eigenvalue weighted by molar-refractivity contribution is -0.117. The lowest BCUT2D eigenvalue weighted by Crippen LogP contribution is -2.51. The zero-order chi connectivity index (χ0) is 21.8. The molecule has 0 saturated heterocycles. The Bertz CT molecular complexity index is 693. The fourth-order valence-corrected chi connectivity index (χ4v) is 8.60. The van der Waals surface area contributed by atoms with Gasteiger partial charge in [-0.15, -0.1) is 0 Å². The van der Waals surface area contributed by atoms with E-state index in [1.54, 1.807) is 0 Å². The Morgan fingerprint density at radius 2 is 1.73 bits per heavy atom. The second-order valence-corrected chi connectivity index (χ2v) is 12.6. The molecular formula is C28H46O2. The molecule has 4 rings (SSSR count). The van der Waals surface area contributed by atoms with E-state index in [9.17, 15) is 9.90 Å². The molecule has 30 heavy (non-hydrogen) atoms. The summed E-state index contributed by atoms with van der Waals surface area (Å²) in [5, 5.41) is 11.1. The number of aliphatic hydroxyl groups excluding tert-OH is 1. The molecule has 0 aromatic rings. The van der Waals surface area contributed by atoms with Gasteiger partial charge in [0.25, 0.3) is 0 Å². The average Bonchev–Trinajstić information content (AvgIpc) is 3.04. The van der Waals surface area contributed by atoms with Crippen molar-refractivity contribution >= 4 is 5.78 Å². The van der Waals surface area contributed by atoms with Crippen LogP contribution in [0.25, 0.3) is 0 Å². The fourth-order valence-electron chi connectivity index (χ4n) is 8.60. The van der Waals surface area contributed by atoms with Gasteiger partial charge < -0.3 is 5.11 Å². The summed E-state index contributed by atoms with van der Waals surface area (Å²) in [6.07, 6.45) is 12.4. The Hall–Kier alpha value is -0.630. The van der Waals surface area contributed by atoms with Crippen LogP contribution in [0.4, 0.5) is 0 Å². The minimum atomic E-state index is -0.163. The first-order chi connectivity index (χ1) is 14.1. The second kappa shape index (κ2) is 8.05. The lowest BCUT2D eigenvalue weighted by Gasteiger charge is -2.58. The Balaban J connectivity index is 1.51. The van der Waals surface area contributed by atoms with Gasteiger partial charge in [0, 0.05) is 6.42 Å². The van der Waals surface area contributed by atoms with Crippen molar-refractivity contribution in [3.63, 3.8) is 0 Å². The van der Waals surface area contributed by atoms with Gasteiger partial charge in [-0.2, -0.15) is 0 Å². The Labute approximate surface area is 185 Å². The maximum absolute atomic E-state index is 12.1. The van der Waals surface area contributed by atoms with Crippen molar-refractivity contribution in [2.75, 3.05) is 0 Å². The van der Waals surface area contributed by atoms with Crippen LogP contribution in [0.1, 0.15) is 99.3 Å². The molecule has 0 heterocycles. The van der Waals surface area contributed by atoms with Gasteiger partial charge in [-0.3, -0.25) is 4.79 Å². The molecule has 4 aliphatic rings. The summed E-state index contributed by atoms with van der Waals surface area (Å²) >= 11 is 0. The van der Waals surface area contributed by atoms with Gasteiger partial charge in [-0.25, -0.2) is 0 Å². The molecule has 2 heteroatoms. The van der Waals surface area contributed by atoms with E-state index in [4.69, 9.17) is 0 Å². The van der Waals surface area contributed by atoms with Crippen molar-refractivity contribution in [3.05, 3.63) is 11.6 Å². The van der Waals surface area contributed by atoms with E-state index in [-0.39, 0.29) is 11.5 Å². The van der Waals surface area contributed by atoms with E-state index in [1.807, 2.05) is 6.08 Å². The molecule has 170 valence electrons. The summed E-state index contributed by atoms with van der Waals surface area (Å²) < 4.78 is 0. The summed E-state index contributed by atoms with van der Waals surface area (Å²) in [6.45, 7) is 14.3. The van der Waals surface area contributed by atoms with E-state index in [1.165, 1.54) is 37.7 Å². The number of allylic oxidation sites excluding steroid dienone is 1. The molecule has 0 spiro atoms. The quantitative estimate of drug-likeness (QED) is 0.536. The first kappa shape index (κ1) is 22.6. The third-order valence-corrected chi connectivity index (χ3v) is 11.0. The molecule has 2 nitrogen and oxygen atoms in total.